The van der Waals surface area contributed by atoms with Gasteiger partial charge in [-0.1, -0.05) is 0 Å². The van der Waals surface area contributed by atoms with Crippen molar-refractivity contribution < 1.29 is 4.79 Å². The Morgan fingerprint density at radius 3 is 2.53 bits per heavy atom. The number of aryl methyl sites for hydroxylation is 2. The van der Waals surface area contributed by atoms with E-state index >= 15 is 0 Å². The van der Waals surface area contributed by atoms with Gasteiger partial charge in [0.2, 0.25) is 5.95 Å². The van der Waals surface area contributed by atoms with E-state index in [1.807, 2.05) is 20.0 Å². The van der Waals surface area contributed by atoms with Crippen LogP contribution in [-0.2, 0) is 4.79 Å². The molecule has 0 amide bonds. The Bertz CT molecular complexity index is 379. The first-order chi connectivity index (χ1) is 7.16. The van der Waals surface area contributed by atoms with Crippen LogP contribution in [0.15, 0.2) is 6.20 Å². The minimum Gasteiger partial charge on any atom is -0.340 e. The van der Waals surface area contributed by atoms with Gasteiger partial charge in [0.05, 0.1) is 0 Å². The van der Waals surface area contributed by atoms with Gasteiger partial charge in [0.1, 0.15) is 5.78 Å². The molecule has 4 heteroatoms. The van der Waals surface area contributed by atoms with Gasteiger partial charge in [0, 0.05) is 37.8 Å². The number of rotatable bonds is 1. The molecule has 1 aromatic rings. The van der Waals surface area contributed by atoms with E-state index in [0.29, 0.717) is 18.6 Å². The summed E-state index contributed by atoms with van der Waals surface area (Å²) in [5.41, 5.74) is 2.11. The van der Waals surface area contributed by atoms with Crippen LogP contribution in [0.5, 0.6) is 0 Å². The molecule has 1 aliphatic rings. The summed E-state index contributed by atoms with van der Waals surface area (Å²) >= 11 is 0. The molecule has 2 heterocycles. The lowest BCUT2D eigenvalue weighted by molar-refractivity contribution is -0.119. The number of anilines is 1. The largest absolute Gasteiger partial charge is 0.340 e. The second-order valence-electron chi connectivity index (χ2n) is 3.96. The van der Waals surface area contributed by atoms with Crippen LogP contribution in [0.25, 0.3) is 0 Å². The average molecular weight is 205 g/mol. The summed E-state index contributed by atoms with van der Waals surface area (Å²) in [7, 11) is 0. The van der Waals surface area contributed by atoms with Crippen LogP contribution in [0.2, 0.25) is 0 Å². The molecule has 0 aromatic carbocycles. The van der Waals surface area contributed by atoms with Crippen LogP contribution >= 0.6 is 0 Å². The predicted octanol–water partition coefficient (Wildman–Crippen LogP) is 1.26. The Hall–Kier alpha value is -1.45. The third-order valence-electron chi connectivity index (χ3n) is 2.82. The molecule has 1 aromatic heterocycles. The maximum Gasteiger partial charge on any atom is 0.225 e. The highest BCUT2D eigenvalue weighted by atomic mass is 16.1. The number of aromatic nitrogens is 2. The normalized spacial score (nSPS) is 16.9. The van der Waals surface area contributed by atoms with Crippen molar-refractivity contribution in [1.29, 1.82) is 0 Å². The van der Waals surface area contributed by atoms with Gasteiger partial charge in [-0.15, -0.1) is 0 Å². The van der Waals surface area contributed by atoms with Crippen molar-refractivity contribution in [2.24, 2.45) is 0 Å². The standard InChI is InChI=1S/C11H15N3O/c1-8-7-12-11(13-9(8)2)14-5-3-10(15)4-6-14/h7H,3-6H2,1-2H3. The second kappa shape index (κ2) is 3.96. The minimum atomic E-state index is 0.343. The summed E-state index contributed by atoms with van der Waals surface area (Å²) in [6.07, 6.45) is 3.08. The van der Waals surface area contributed by atoms with E-state index in [9.17, 15) is 4.79 Å². The third-order valence-corrected chi connectivity index (χ3v) is 2.82. The molecule has 4 nitrogen and oxygen atoms in total. The molecule has 0 N–H and O–H groups in total. The number of ketones is 1. The number of carbonyl (C=O) groups is 1. The highest BCUT2D eigenvalue weighted by Gasteiger charge is 2.18. The number of hydrogen-bond donors (Lipinski definition) is 0. The summed E-state index contributed by atoms with van der Waals surface area (Å²) in [4.78, 5) is 21.9. The van der Waals surface area contributed by atoms with Gasteiger partial charge in [-0.05, 0) is 19.4 Å². The molecule has 1 fully saturated rings. The van der Waals surface area contributed by atoms with Gasteiger partial charge in [-0.25, -0.2) is 9.97 Å². The molecule has 0 spiro atoms. The van der Waals surface area contributed by atoms with Gasteiger partial charge in [-0.2, -0.15) is 0 Å². The number of hydrogen-bond acceptors (Lipinski definition) is 4. The summed E-state index contributed by atoms with van der Waals surface area (Å²) in [5, 5.41) is 0. The molecule has 1 aliphatic heterocycles. The summed E-state index contributed by atoms with van der Waals surface area (Å²) in [5.74, 6) is 1.10. The Balaban J connectivity index is 2.16. The van der Waals surface area contributed by atoms with Crippen LogP contribution < -0.4 is 4.90 Å². The Morgan fingerprint density at radius 1 is 1.27 bits per heavy atom. The first kappa shape index (κ1) is 10.1. The maximum absolute atomic E-state index is 11.1. The molecule has 15 heavy (non-hydrogen) atoms. The van der Waals surface area contributed by atoms with Gasteiger partial charge in [-0.3, -0.25) is 4.79 Å². The number of carbonyl (C=O) groups excluding carboxylic acids is 1. The van der Waals surface area contributed by atoms with Gasteiger partial charge in [0.25, 0.3) is 0 Å². The monoisotopic (exact) mass is 205 g/mol. The fourth-order valence-corrected chi connectivity index (χ4v) is 1.62. The second-order valence-corrected chi connectivity index (χ2v) is 3.96. The lowest BCUT2D eigenvalue weighted by Crippen LogP contribution is -2.35. The molecule has 0 unspecified atom stereocenters. The molecule has 0 radical (unpaired) electrons. The fourth-order valence-electron chi connectivity index (χ4n) is 1.62. The van der Waals surface area contributed by atoms with Crippen LogP contribution in [-0.4, -0.2) is 28.8 Å². The van der Waals surface area contributed by atoms with Gasteiger partial charge >= 0.3 is 0 Å². The zero-order chi connectivity index (χ0) is 10.8. The minimum absolute atomic E-state index is 0.343. The zero-order valence-corrected chi connectivity index (χ0v) is 9.16. The Morgan fingerprint density at radius 2 is 1.93 bits per heavy atom. The molecule has 0 aliphatic carbocycles. The molecule has 2 rings (SSSR count). The van der Waals surface area contributed by atoms with Crippen molar-refractivity contribution in [3.63, 3.8) is 0 Å². The summed E-state index contributed by atoms with van der Waals surface area (Å²) in [6, 6.07) is 0. The lowest BCUT2D eigenvalue weighted by Gasteiger charge is -2.26. The van der Waals surface area contributed by atoms with E-state index in [-0.39, 0.29) is 0 Å². The van der Waals surface area contributed by atoms with Crippen LogP contribution in [0.4, 0.5) is 5.95 Å². The summed E-state index contributed by atoms with van der Waals surface area (Å²) < 4.78 is 0. The zero-order valence-electron chi connectivity index (χ0n) is 9.16. The van der Waals surface area contributed by atoms with Crippen molar-refractivity contribution in [2.45, 2.75) is 26.7 Å². The number of nitrogens with zero attached hydrogens (tertiary/aromatic N) is 3. The maximum atomic E-state index is 11.1. The van der Waals surface area contributed by atoms with Gasteiger partial charge < -0.3 is 4.90 Å². The lowest BCUT2D eigenvalue weighted by atomic mass is 10.1. The van der Waals surface area contributed by atoms with Crippen molar-refractivity contribution in [3.05, 3.63) is 17.5 Å². The van der Waals surface area contributed by atoms with Crippen LogP contribution in [0.3, 0.4) is 0 Å². The third kappa shape index (κ3) is 2.14. The summed E-state index contributed by atoms with van der Waals surface area (Å²) in [6.45, 7) is 5.48. The highest BCUT2D eigenvalue weighted by Crippen LogP contribution is 2.14. The topological polar surface area (TPSA) is 46.1 Å². The molecule has 0 atom stereocenters. The molecular weight excluding hydrogens is 190 g/mol. The number of Topliss-reactive ketones (excluding diaryl/α,β-unsaturated/α-hetero) is 1. The van der Waals surface area contributed by atoms with Crippen molar-refractivity contribution in [2.75, 3.05) is 18.0 Å². The highest BCUT2D eigenvalue weighted by molar-refractivity contribution is 5.80. The van der Waals surface area contributed by atoms with Crippen LogP contribution in [0, 0.1) is 13.8 Å². The smallest absolute Gasteiger partial charge is 0.225 e. The number of piperidine rings is 1. The molecule has 80 valence electrons. The molecular formula is C11H15N3O. The molecule has 0 saturated carbocycles. The Labute approximate surface area is 89.3 Å². The van der Waals surface area contributed by atoms with E-state index in [1.165, 1.54) is 0 Å². The Kier molecular flexibility index (Phi) is 2.66. The predicted molar refractivity (Wildman–Crippen MR) is 58.0 cm³/mol. The van der Waals surface area contributed by atoms with E-state index in [0.717, 1.165) is 30.3 Å². The fraction of sp³-hybridized carbons (Fsp3) is 0.545. The van der Waals surface area contributed by atoms with E-state index in [2.05, 4.69) is 14.9 Å². The van der Waals surface area contributed by atoms with Crippen molar-refractivity contribution >= 4 is 11.7 Å². The van der Waals surface area contributed by atoms with E-state index in [1.54, 1.807) is 0 Å². The van der Waals surface area contributed by atoms with Crippen molar-refractivity contribution in [3.8, 4) is 0 Å². The van der Waals surface area contributed by atoms with Crippen LogP contribution in [0.1, 0.15) is 24.1 Å². The van der Waals surface area contributed by atoms with Crippen molar-refractivity contribution in [1.82, 2.24) is 9.97 Å². The average Bonchev–Trinajstić information content (AvgIpc) is 2.23. The van der Waals surface area contributed by atoms with E-state index < -0.39 is 0 Å². The SMILES string of the molecule is Cc1cnc(N2CCC(=O)CC2)nc1C. The first-order valence-electron chi connectivity index (χ1n) is 5.23. The molecule has 1 saturated heterocycles. The van der Waals surface area contributed by atoms with Gasteiger partial charge in [0.15, 0.2) is 0 Å². The quantitative estimate of drug-likeness (QED) is 0.692. The first-order valence-corrected chi connectivity index (χ1v) is 5.23. The molecule has 0 bridgehead atoms. The van der Waals surface area contributed by atoms with E-state index in [4.69, 9.17) is 0 Å².